The number of aryl methyl sites for hydroxylation is 1. The molecule has 0 atom stereocenters. The topological polar surface area (TPSA) is 91.8 Å². The molecule has 2 aromatic rings. The average molecular weight is 403 g/mol. The molecule has 0 aromatic heterocycles. The Kier molecular flexibility index (Phi) is 7.00. The van der Waals surface area contributed by atoms with Gasteiger partial charge in [-0.2, -0.15) is 0 Å². The Bertz CT molecular complexity index is 862. The number of hydrogen-bond donors (Lipinski definition) is 3. The summed E-state index contributed by atoms with van der Waals surface area (Å²) in [4.78, 5) is 28.9. The molecule has 3 amide bonds. The summed E-state index contributed by atoms with van der Waals surface area (Å²) in [6.45, 7) is 7.12. The molecular formula is C20H23ClN4O3. The van der Waals surface area contributed by atoms with Crippen molar-refractivity contribution in [3.63, 3.8) is 0 Å². The molecule has 0 aliphatic rings. The molecule has 2 aromatic carbocycles. The Balaban J connectivity index is 1.89. The highest BCUT2D eigenvalue weighted by Crippen LogP contribution is 2.14. The van der Waals surface area contributed by atoms with Crippen molar-refractivity contribution < 1.29 is 14.4 Å². The Morgan fingerprint density at radius 2 is 1.50 bits per heavy atom. The van der Waals surface area contributed by atoms with Gasteiger partial charge in [-0.1, -0.05) is 34.5 Å². The molecule has 0 saturated carbocycles. The minimum atomic E-state index is -0.838. The van der Waals surface area contributed by atoms with Gasteiger partial charge < -0.3 is 10.6 Å². The lowest BCUT2D eigenvalue weighted by molar-refractivity contribution is 0.165. The quantitative estimate of drug-likeness (QED) is 0.366. The predicted octanol–water partition coefficient (Wildman–Crippen LogP) is 5.17. The number of nitrogens with one attached hydrogen (secondary N) is 3. The summed E-state index contributed by atoms with van der Waals surface area (Å²) in [5.74, 6) is 0. The van der Waals surface area contributed by atoms with E-state index in [-0.39, 0.29) is 0 Å². The summed E-state index contributed by atoms with van der Waals surface area (Å²) >= 11 is 5.80. The van der Waals surface area contributed by atoms with E-state index in [0.29, 0.717) is 22.1 Å². The van der Waals surface area contributed by atoms with Crippen LogP contribution in [0.4, 0.5) is 21.0 Å². The van der Waals surface area contributed by atoms with Crippen LogP contribution in [0.3, 0.4) is 0 Å². The number of amides is 3. The molecule has 7 nitrogen and oxygen atoms in total. The molecule has 148 valence electrons. The Morgan fingerprint density at radius 3 is 2.11 bits per heavy atom. The fourth-order valence-electron chi connectivity index (χ4n) is 2.07. The van der Waals surface area contributed by atoms with Crippen LogP contribution in [-0.2, 0) is 4.84 Å². The monoisotopic (exact) mass is 402 g/mol. The van der Waals surface area contributed by atoms with Crippen molar-refractivity contribution in [2.75, 3.05) is 10.6 Å². The smallest absolute Gasteiger partial charge is 0.328 e. The normalized spacial score (nSPS) is 11.5. The second-order valence-corrected chi connectivity index (χ2v) is 7.19. The second kappa shape index (κ2) is 9.23. The van der Waals surface area contributed by atoms with Crippen LogP contribution < -0.4 is 16.0 Å². The van der Waals surface area contributed by atoms with Gasteiger partial charge in [-0.3, -0.25) is 10.2 Å². The maximum absolute atomic E-state index is 12.2. The lowest BCUT2D eigenvalue weighted by atomic mass is 10.0. The molecule has 0 heterocycles. The number of carbonyl (C=O) groups excluding carboxylic acids is 2. The second-order valence-electron chi connectivity index (χ2n) is 6.76. The van der Waals surface area contributed by atoms with Crippen molar-refractivity contribution in [1.29, 1.82) is 0 Å². The van der Waals surface area contributed by atoms with Gasteiger partial charge in [0.1, 0.15) is 0 Å². The zero-order valence-corrected chi connectivity index (χ0v) is 16.9. The first-order valence-corrected chi connectivity index (χ1v) is 8.98. The Labute approximate surface area is 169 Å². The van der Waals surface area contributed by atoms with Gasteiger partial charge in [0, 0.05) is 16.4 Å². The molecular weight excluding hydrogens is 380 g/mol. The van der Waals surface area contributed by atoms with E-state index in [1.165, 1.54) is 0 Å². The molecule has 0 fully saturated rings. The molecule has 0 spiro atoms. The summed E-state index contributed by atoms with van der Waals surface area (Å²) < 4.78 is 0. The van der Waals surface area contributed by atoms with Gasteiger partial charge in [-0.15, -0.1) is 0 Å². The zero-order valence-electron chi connectivity index (χ0n) is 16.2. The first-order chi connectivity index (χ1) is 13.2. The minimum Gasteiger partial charge on any atom is -0.328 e. The molecule has 0 radical (unpaired) electrons. The molecule has 8 heteroatoms. The summed E-state index contributed by atoms with van der Waals surface area (Å²) in [5, 5.41) is 12.4. The molecule has 0 bridgehead atoms. The highest BCUT2D eigenvalue weighted by Gasteiger charge is 2.25. The lowest BCUT2D eigenvalue weighted by Crippen LogP contribution is -2.50. The zero-order chi connectivity index (χ0) is 20.7. The third-order valence-electron chi connectivity index (χ3n) is 4.00. The number of benzene rings is 2. The molecule has 0 unspecified atom stereocenters. The van der Waals surface area contributed by atoms with Crippen molar-refractivity contribution >= 4 is 40.8 Å². The molecule has 0 saturated heterocycles. The van der Waals surface area contributed by atoms with Crippen LogP contribution in [0.5, 0.6) is 0 Å². The van der Waals surface area contributed by atoms with E-state index in [2.05, 4.69) is 21.1 Å². The van der Waals surface area contributed by atoms with Crippen LogP contribution in [0, 0.1) is 6.92 Å². The Morgan fingerprint density at radius 1 is 0.964 bits per heavy atom. The fraction of sp³-hybridized carbons (Fsp3) is 0.250. The van der Waals surface area contributed by atoms with Crippen molar-refractivity contribution in [1.82, 2.24) is 5.32 Å². The molecule has 0 aliphatic carbocycles. The van der Waals surface area contributed by atoms with Gasteiger partial charge in [-0.25, -0.2) is 9.59 Å². The van der Waals surface area contributed by atoms with E-state index < -0.39 is 17.7 Å². The minimum absolute atomic E-state index is 0.394. The maximum Gasteiger partial charge on any atom is 0.437 e. The SMILES string of the molecule is C/C(=N/OC(=O)Nc1ccc(Cl)cc1)C(C)(C)NC(=O)Nc1ccc(C)cc1. The third-order valence-corrected chi connectivity index (χ3v) is 4.25. The summed E-state index contributed by atoms with van der Waals surface area (Å²) in [6.07, 6.45) is -0.749. The summed E-state index contributed by atoms with van der Waals surface area (Å²) in [6, 6.07) is 13.6. The number of rotatable bonds is 5. The first kappa shape index (κ1) is 21.2. The van der Waals surface area contributed by atoms with E-state index in [1.807, 2.05) is 31.2 Å². The van der Waals surface area contributed by atoms with Crippen LogP contribution >= 0.6 is 11.6 Å². The van der Waals surface area contributed by atoms with Gasteiger partial charge in [-0.05, 0) is 64.1 Å². The van der Waals surface area contributed by atoms with Crippen molar-refractivity contribution in [2.24, 2.45) is 5.16 Å². The predicted molar refractivity (Wildman–Crippen MR) is 112 cm³/mol. The van der Waals surface area contributed by atoms with Crippen molar-refractivity contribution in [3.8, 4) is 0 Å². The lowest BCUT2D eigenvalue weighted by Gasteiger charge is -2.25. The van der Waals surface area contributed by atoms with E-state index in [4.69, 9.17) is 16.4 Å². The fourth-order valence-corrected chi connectivity index (χ4v) is 2.20. The number of nitrogens with zero attached hydrogens (tertiary/aromatic N) is 1. The van der Waals surface area contributed by atoms with Crippen molar-refractivity contribution in [3.05, 3.63) is 59.1 Å². The van der Waals surface area contributed by atoms with Crippen LogP contribution in [-0.4, -0.2) is 23.4 Å². The highest BCUT2D eigenvalue weighted by atomic mass is 35.5. The number of anilines is 2. The number of carbonyl (C=O) groups is 2. The molecule has 2 rings (SSSR count). The van der Waals surface area contributed by atoms with Gasteiger partial charge in [0.05, 0.1) is 11.3 Å². The Hall–Kier alpha value is -3.06. The highest BCUT2D eigenvalue weighted by molar-refractivity contribution is 6.30. The largest absolute Gasteiger partial charge is 0.437 e. The van der Waals surface area contributed by atoms with Crippen LogP contribution in [0.25, 0.3) is 0 Å². The number of oxime groups is 1. The standard InChI is InChI=1S/C20H23ClN4O3/c1-13-5-9-16(10-6-13)22-18(26)24-20(3,4)14(2)25-28-19(27)23-17-11-7-15(21)8-12-17/h5-12H,1-4H3,(H,23,27)(H2,22,24,26)/b25-14-. The van der Waals surface area contributed by atoms with Gasteiger partial charge >= 0.3 is 12.1 Å². The van der Waals surface area contributed by atoms with Gasteiger partial charge in [0.25, 0.3) is 0 Å². The van der Waals surface area contributed by atoms with Crippen LogP contribution in [0.2, 0.25) is 5.02 Å². The van der Waals surface area contributed by atoms with E-state index in [1.54, 1.807) is 45.0 Å². The number of hydrogen-bond acceptors (Lipinski definition) is 4. The summed E-state index contributed by atoms with van der Waals surface area (Å²) in [7, 11) is 0. The van der Waals surface area contributed by atoms with E-state index >= 15 is 0 Å². The first-order valence-electron chi connectivity index (χ1n) is 8.60. The van der Waals surface area contributed by atoms with Crippen LogP contribution in [0.1, 0.15) is 26.3 Å². The summed E-state index contributed by atoms with van der Waals surface area (Å²) in [5.41, 5.74) is 1.88. The van der Waals surface area contributed by atoms with E-state index in [9.17, 15) is 9.59 Å². The third kappa shape index (κ3) is 6.59. The van der Waals surface area contributed by atoms with Gasteiger partial charge in [0.15, 0.2) is 0 Å². The van der Waals surface area contributed by atoms with Gasteiger partial charge in [0.2, 0.25) is 0 Å². The average Bonchev–Trinajstić information content (AvgIpc) is 2.63. The number of urea groups is 1. The molecule has 0 aliphatic heterocycles. The number of halogens is 1. The van der Waals surface area contributed by atoms with Crippen molar-refractivity contribution in [2.45, 2.75) is 33.2 Å². The maximum atomic E-state index is 12.2. The van der Waals surface area contributed by atoms with Crippen LogP contribution in [0.15, 0.2) is 53.7 Å². The molecule has 28 heavy (non-hydrogen) atoms. The van der Waals surface area contributed by atoms with E-state index in [0.717, 1.165) is 5.56 Å². The molecule has 3 N–H and O–H groups in total.